The second-order valence-corrected chi connectivity index (χ2v) is 4.95. The van der Waals surface area contributed by atoms with Crippen molar-refractivity contribution in [2.75, 3.05) is 5.32 Å². The van der Waals surface area contributed by atoms with Gasteiger partial charge in [0, 0.05) is 22.8 Å². The molecule has 94 valence electrons. The van der Waals surface area contributed by atoms with Gasteiger partial charge in [-0.2, -0.15) is 0 Å². The lowest BCUT2D eigenvalue weighted by atomic mass is 10.2. The molecule has 0 aliphatic heterocycles. The van der Waals surface area contributed by atoms with Crippen LogP contribution in [0.15, 0.2) is 28.9 Å². The quantitative estimate of drug-likeness (QED) is 0.866. The lowest BCUT2D eigenvalue weighted by Gasteiger charge is -2.09. The van der Waals surface area contributed by atoms with Crippen molar-refractivity contribution in [3.05, 3.63) is 51.1 Å². The molecule has 0 saturated carbocycles. The predicted octanol–water partition coefficient (Wildman–Crippen LogP) is 3.95. The lowest BCUT2D eigenvalue weighted by Crippen LogP contribution is -2.05. The number of hydrogen-bond acceptors (Lipinski definition) is 3. The van der Waals surface area contributed by atoms with E-state index in [1.807, 2.05) is 6.92 Å². The Kier molecular flexibility index (Phi) is 4.14. The molecule has 0 unspecified atom stereocenters. The number of anilines is 1. The zero-order chi connectivity index (χ0) is 13.1. The van der Waals surface area contributed by atoms with E-state index in [9.17, 15) is 4.39 Å². The third-order valence-corrected chi connectivity index (χ3v) is 3.35. The molecule has 2 rings (SSSR count). The number of nitrogens with zero attached hydrogens (tertiary/aromatic N) is 2. The third-order valence-electron chi connectivity index (χ3n) is 2.40. The van der Waals surface area contributed by atoms with E-state index >= 15 is 0 Å². The van der Waals surface area contributed by atoms with E-state index in [1.54, 1.807) is 12.3 Å². The van der Waals surface area contributed by atoms with Crippen molar-refractivity contribution in [1.29, 1.82) is 0 Å². The maximum absolute atomic E-state index is 13.1. The minimum atomic E-state index is -0.271. The van der Waals surface area contributed by atoms with Gasteiger partial charge in [-0.15, -0.1) is 0 Å². The molecule has 1 N–H and O–H groups in total. The summed E-state index contributed by atoms with van der Waals surface area (Å²) >= 11 is 9.10. The minimum absolute atomic E-state index is 0.182. The van der Waals surface area contributed by atoms with Gasteiger partial charge in [0.15, 0.2) is 0 Å². The highest BCUT2D eigenvalue weighted by Crippen LogP contribution is 2.20. The Labute approximate surface area is 118 Å². The summed E-state index contributed by atoms with van der Waals surface area (Å²) in [4.78, 5) is 7.95. The van der Waals surface area contributed by atoms with E-state index in [-0.39, 0.29) is 11.1 Å². The summed E-state index contributed by atoms with van der Waals surface area (Å²) < 4.78 is 14.0. The fourth-order valence-corrected chi connectivity index (χ4v) is 1.98. The second kappa shape index (κ2) is 5.63. The number of nitrogens with one attached hydrogen (secondary N) is 1. The average molecular weight is 331 g/mol. The lowest BCUT2D eigenvalue weighted by molar-refractivity contribution is 0.625. The van der Waals surface area contributed by atoms with Crippen LogP contribution in [0, 0.1) is 12.7 Å². The Hall–Kier alpha value is -1.20. The Balaban J connectivity index is 2.16. The summed E-state index contributed by atoms with van der Waals surface area (Å²) in [7, 11) is 0. The summed E-state index contributed by atoms with van der Waals surface area (Å²) in [6.45, 7) is 2.33. The highest BCUT2D eigenvalue weighted by molar-refractivity contribution is 9.10. The molecule has 0 aliphatic rings. The monoisotopic (exact) mass is 329 g/mol. The van der Waals surface area contributed by atoms with Crippen molar-refractivity contribution in [3.63, 3.8) is 0 Å². The van der Waals surface area contributed by atoms with Gasteiger partial charge in [-0.05, 0) is 42.3 Å². The third kappa shape index (κ3) is 3.17. The van der Waals surface area contributed by atoms with Gasteiger partial charge in [0.05, 0.1) is 0 Å². The zero-order valence-electron chi connectivity index (χ0n) is 9.54. The van der Waals surface area contributed by atoms with E-state index in [4.69, 9.17) is 11.6 Å². The molecule has 0 spiro atoms. The van der Waals surface area contributed by atoms with E-state index in [2.05, 4.69) is 31.2 Å². The van der Waals surface area contributed by atoms with E-state index < -0.39 is 0 Å². The van der Waals surface area contributed by atoms with Crippen LogP contribution in [0.4, 0.5) is 10.2 Å². The molecular formula is C12H10BrClFN3. The first-order chi connectivity index (χ1) is 8.56. The van der Waals surface area contributed by atoms with Gasteiger partial charge in [-0.1, -0.05) is 15.9 Å². The van der Waals surface area contributed by atoms with Crippen LogP contribution in [0.25, 0.3) is 0 Å². The van der Waals surface area contributed by atoms with E-state index in [1.165, 1.54) is 12.1 Å². The molecule has 3 nitrogen and oxygen atoms in total. The van der Waals surface area contributed by atoms with Crippen molar-refractivity contribution in [1.82, 2.24) is 9.97 Å². The van der Waals surface area contributed by atoms with Crippen molar-refractivity contribution in [2.45, 2.75) is 13.5 Å². The smallest absolute Gasteiger partial charge is 0.224 e. The molecule has 0 saturated heterocycles. The molecule has 0 bridgehead atoms. The molecule has 6 heteroatoms. The molecular weight excluding hydrogens is 321 g/mol. The van der Waals surface area contributed by atoms with E-state index in [0.29, 0.717) is 12.4 Å². The molecule has 1 aromatic carbocycles. The summed E-state index contributed by atoms with van der Waals surface area (Å²) in [5, 5.41) is 3.29. The second-order valence-electron chi connectivity index (χ2n) is 3.76. The fraction of sp³-hybridized carbons (Fsp3) is 0.167. The van der Waals surface area contributed by atoms with Crippen LogP contribution < -0.4 is 5.32 Å². The first kappa shape index (κ1) is 13.2. The summed E-state index contributed by atoms with van der Waals surface area (Å²) in [6, 6.07) is 4.54. The molecule has 0 radical (unpaired) electrons. The largest absolute Gasteiger partial charge is 0.366 e. The van der Waals surface area contributed by atoms with Crippen molar-refractivity contribution < 1.29 is 4.39 Å². The van der Waals surface area contributed by atoms with E-state index in [0.717, 1.165) is 15.6 Å². The standard InChI is InChI=1S/C12H10BrClFN3/c1-7-5-17-12(14)18-11(7)16-6-8-4-9(15)2-3-10(8)13/h2-5H,6H2,1H3,(H,16,17,18). The number of aromatic nitrogens is 2. The number of benzene rings is 1. The van der Waals surface area contributed by atoms with Crippen molar-refractivity contribution in [2.24, 2.45) is 0 Å². The van der Waals surface area contributed by atoms with Crippen LogP contribution in [-0.2, 0) is 6.54 Å². The van der Waals surface area contributed by atoms with Crippen LogP contribution in [-0.4, -0.2) is 9.97 Å². The minimum Gasteiger partial charge on any atom is -0.366 e. The van der Waals surface area contributed by atoms with Gasteiger partial charge in [-0.25, -0.2) is 14.4 Å². The molecule has 1 aromatic heterocycles. The van der Waals surface area contributed by atoms with Crippen molar-refractivity contribution >= 4 is 33.3 Å². The molecule has 18 heavy (non-hydrogen) atoms. The molecule has 0 amide bonds. The molecule has 0 fully saturated rings. The summed E-state index contributed by atoms with van der Waals surface area (Å²) in [5.41, 5.74) is 1.69. The highest BCUT2D eigenvalue weighted by atomic mass is 79.9. The Morgan fingerprint density at radius 3 is 3.00 bits per heavy atom. The Morgan fingerprint density at radius 2 is 2.22 bits per heavy atom. The van der Waals surface area contributed by atoms with Crippen LogP contribution in [0.1, 0.15) is 11.1 Å². The summed E-state index contributed by atoms with van der Waals surface area (Å²) in [6.07, 6.45) is 1.64. The van der Waals surface area contributed by atoms with Gasteiger partial charge >= 0.3 is 0 Å². The van der Waals surface area contributed by atoms with Gasteiger partial charge in [0.2, 0.25) is 5.28 Å². The zero-order valence-corrected chi connectivity index (χ0v) is 11.9. The van der Waals surface area contributed by atoms with Gasteiger partial charge in [0.25, 0.3) is 0 Å². The number of halogens is 3. The van der Waals surface area contributed by atoms with Crippen LogP contribution in [0.3, 0.4) is 0 Å². The normalized spacial score (nSPS) is 10.4. The fourth-order valence-electron chi connectivity index (χ4n) is 1.46. The first-order valence-corrected chi connectivity index (χ1v) is 6.40. The topological polar surface area (TPSA) is 37.8 Å². The maximum atomic E-state index is 13.1. The number of rotatable bonds is 3. The SMILES string of the molecule is Cc1cnc(Cl)nc1NCc1cc(F)ccc1Br. The van der Waals surface area contributed by atoms with Crippen LogP contribution in [0.2, 0.25) is 5.28 Å². The summed E-state index contributed by atoms with van der Waals surface area (Å²) in [5.74, 6) is 0.374. The van der Waals surface area contributed by atoms with Gasteiger partial charge in [-0.3, -0.25) is 0 Å². The Morgan fingerprint density at radius 1 is 1.44 bits per heavy atom. The van der Waals surface area contributed by atoms with Crippen LogP contribution in [0.5, 0.6) is 0 Å². The van der Waals surface area contributed by atoms with Crippen molar-refractivity contribution in [3.8, 4) is 0 Å². The van der Waals surface area contributed by atoms with Gasteiger partial charge in [0.1, 0.15) is 11.6 Å². The molecule has 2 aromatic rings. The number of aryl methyl sites for hydroxylation is 1. The maximum Gasteiger partial charge on any atom is 0.224 e. The molecule has 0 atom stereocenters. The Bertz CT molecular complexity index is 526. The molecule has 0 aliphatic carbocycles. The molecule has 1 heterocycles. The van der Waals surface area contributed by atoms with Crippen LogP contribution >= 0.6 is 27.5 Å². The average Bonchev–Trinajstić information content (AvgIpc) is 2.34. The number of hydrogen-bond donors (Lipinski definition) is 1. The first-order valence-electron chi connectivity index (χ1n) is 5.23. The highest BCUT2D eigenvalue weighted by Gasteiger charge is 2.05. The predicted molar refractivity (Wildman–Crippen MR) is 73.2 cm³/mol. The van der Waals surface area contributed by atoms with Gasteiger partial charge < -0.3 is 5.32 Å².